The lowest BCUT2D eigenvalue weighted by Gasteiger charge is -2.12. The van der Waals surface area contributed by atoms with Crippen molar-refractivity contribution in [1.29, 1.82) is 0 Å². The summed E-state index contributed by atoms with van der Waals surface area (Å²) in [5.41, 5.74) is 0.168. The van der Waals surface area contributed by atoms with E-state index in [9.17, 15) is 13.6 Å². The predicted octanol–water partition coefficient (Wildman–Crippen LogP) is 2.59. The van der Waals surface area contributed by atoms with Gasteiger partial charge in [-0.15, -0.1) is 0 Å². The van der Waals surface area contributed by atoms with Crippen molar-refractivity contribution in [3.05, 3.63) is 35.4 Å². The van der Waals surface area contributed by atoms with E-state index < -0.39 is 23.7 Å². The monoisotopic (exact) mass is 200 g/mol. The van der Waals surface area contributed by atoms with Crippen LogP contribution in [-0.4, -0.2) is 5.97 Å². The van der Waals surface area contributed by atoms with Crippen molar-refractivity contribution in [2.45, 2.75) is 20.0 Å². The van der Waals surface area contributed by atoms with Crippen LogP contribution < -0.4 is 0 Å². The molecule has 0 heterocycles. The largest absolute Gasteiger partial charge is 0.458 e. The minimum atomic E-state index is -0.709. The first-order valence-electron chi connectivity index (χ1n) is 4.13. The Labute approximate surface area is 80.5 Å². The van der Waals surface area contributed by atoms with E-state index in [0.717, 1.165) is 12.1 Å². The Morgan fingerprint density at radius 1 is 1.43 bits per heavy atom. The lowest BCUT2D eigenvalue weighted by atomic mass is 10.1. The van der Waals surface area contributed by atoms with E-state index >= 15 is 0 Å². The van der Waals surface area contributed by atoms with E-state index in [0.29, 0.717) is 0 Å². The number of esters is 1. The maximum atomic E-state index is 13.1. The summed E-state index contributed by atoms with van der Waals surface area (Å²) in [6.45, 7) is 2.76. The van der Waals surface area contributed by atoms with E-state index in [4.69, 9.17) is 4.74 Å². The first kappa shape index (κ1) is 10.6. The molecule has 0 bridgehead atoms. The van der Waals surface area contributed by atoms with Crippen LogP contribution in [0.1, 0.15) is 25.5 Å². The van der Waals surface area contributed by atoms with Crippen molar-refractivity contribution in [2.24, 2.45) is 0 Å². The number of benzene rings is 1. The van der Waals surface area contributed by atoms with Gasteiger partial charge in [0.05, 0.1) is 0 Å². The zero-order valence-corrected chi connectivity index (χ0v) is 7.88. The molecule has 0 amide bonds. The summed E-state index contributed by atoms with van der Waals surface area (Å²) in [6.07, 6.45) is -0.701. The highest BCUT2D eigenvalue weighted by Gasteiger charge is 2.13. The van der Waals surface area contributed by atoms with Crippen molar-refractivity contribution in [3.8, 4) is 0 Å². The third-order valence-corrected chi connectivity index (χ3v) is 1.74. The molecule has 14 heavy (non-hydrogen) atoms. The quantitative estimate of drug-likeness (QED) is 0.686. The zero-order valence-electron chi connectivity index (χ0n) is 7.88. The molecule has 0 saturated carbocycles. The Morgan fingerprint density at radius 2 is 2.07 bits per heavy atom. The zero-order chi connectivity index (χ0) is 10.7. The van der Waals surface area contributed by atoms with Crippen LogP contribution >= 0.6 is 0 Å². The molecule has 0 radical (unpaired) electrons. The molecule has 0 saturated heterocycles. The Bertz CT molecular complexity index is 350. The van der Waals surface area contributed by atoms with Crippen LogP contribution in [-0.2, 0) is 9.53 Å². The fourth-order valence-electron chi connectivity index (χ4n) is 1.14. The third-order valence-electron chi connectivity index (χ3n) is 1.74. The average molecular weight is 200 g/mol. The van der Waals surface area contributed by atoms with Gasteiger partial charge in [-0.1, -0.05) is 0 Å². The molecule has 0 aromatic heterocycles. The third kappa shape index (κ3) is 2.52. The summed E-state index contributed by atoms with van der Waals surface area (Å²) >= 11 is 0. The maximum absolute atomic E-state index is 13.1. The Kier molecular flexibility index (Phi) is 3.17. The predicted molar refractivity (Wildman–Crippen MR) is 46.5 cm³/mol. The molecule has 0 aliphatic carbocycles. The van der Waals surface area contributed by atoms with Gasteiger partial charge in [0.15, 0.2) is 0 Å². The van der Waals surface area contributed by atoms with Gasteiger partial charge >= 0.3 is 5.97 Å². The minimum absolute atomic E-state index is 0.168. The highest BCUT2D eigenvalue weighted by molar-refractivity contribution is 5.66. The molecule has 1 aromatic carbocycles. The summed E-state index contributed by atoms with van der Waals surface area (Å²) in [5.74, 6) is -1.86. The number of carbonyl (C=O) groups excluding carboxylic acids is 1. The van der Waals surface area contributed by atoms with Crippen molar-refractivity contribution in [1.82, 2.24) is 0 Å². The highest BCUT2D eigenvalue weighted by Crippen LogP contribution is 2.20. The van der Waals surface area contributed by atoms with Crippen molar-refractivity contribution >= 4 is 5.97 Å². The van der Waals surface area contributed by atoms with E-state index in [2.05, 4.69) is 0 Å². The van der Waals surface area contributed by atoms with Crippen LogP contribution in [0.25, 0.3) is 0 Å². The summed E-state index contributed by atoms with van der Waals surface area (Å²) in [5, 5.41) is 0. The molecule has 0 fully saturated rings. The fourth-order valence-corrected chi connectivity index (χ4v) is 1.14. The van der Waals surface area contributed by atoms with Crippen LogP contribution in [0.5, 0.6) is 0 Å². The lowest BCUT2D eigenvalue weighted by molar-refractivity contribution is -0.145. The lowest BCUT2D eigenvalue weighted by Crippen LogP contribution is -2.06. The average Bonchev–Trinajstić information content (AvgIpc) is 2.01. The summed E-state index contributed by atoms with van der Waals surface area (Å²) in [7, 11) is 0. The summed E-state index contributed by atoms with van der Waals surface area (Å²) in [4.78, 5) is 10.6. The second kappa shape index (κ2) is 4.17. The number of halogens is 2. The van der Waals surface area contributed by atoms with E-state index in [-0.39, 0.29) is 5.56 Å². The number of rotatable bonds is 2. The summed E-state index contributed by atoms with van der Waals surface area (Å²) in [6, 6.07) is 3.14. The number of ether oxygens (including phenoxy) is 1. The smallest absolute Gasteiger partial charge is 0.303 e. The second-order valence-corrected chi connectivity index (χ2v) is 2.92. The second-order valence-electron chi connectivity index (χ2n) is 2.92. The van der Waals surface area contributed by atoms with Gasteiger partial charge in [0, 0.05) is 18.6 Å². The first-order valence-corrected chi connectivity index (χ1v) is 4.13. The Hall–Kier alpha value is -1.45. The molecular weight excluding hydrogens is 190 g/mol. The highest BCUT2D eigenvalue weighted by atomic mass is 19.1. The van der Waals surface area contributed by atoms with E-state index in [1.807, 2.05) is 0 Å². The topological polar surface area (TPSA) is 26.3 Å². The number of hydrogen-bond acceptors (Lipinski definition) is 2. The molecule has 0 aliphatic rings. The molecule has 1 unspecified atom stereocenters. The first-order chi connectivity index (χ1) is 6.50. The molecule has 1 aromatic rings. The minimum Gasteiger partial charge on any atom is -0.458 e. The van der Waals surface area contributed by atoms with E-state index in [1.54, 1.807) is 0 Å². The van der Waals surface area contributed by atoms with Crippen molar-refractivity contribution in [3.63, 3.8) is 0 Å². The van der Waals surface area contributed by atoms with Crippen LogP contribution in [0.4, 0.5) is 8.78 Å². The fraction of sp³-hybridized carbons (Fsp3) is 0.300. The maximum Gasteiger partial charge on any atom is 0.303 e. The number of carbonyl (C=O) groups is 1. The van der Waals surface area contributed by atoms with Crippen LogP contribution in [0, 0.1) is 11.6 Å². The van der Waals surface area contributed by atoms with Gasteiger partial charge in [0.2, 0.25) is 0 Å². The standard InChI is InChI=1S/C10H10F2O2/c1-6(14-7(2)13)9-4-3-8(11)5-10(9)12/h3-6H,1-2H3. The summed E-state index contributed by atoms with van der Waals surface area (Å²) < 4.78 is 30.4. The molecule has 76 valence electrons. The van der Waals surface area contributed by atoms with Gasteiger partial charge < -0.3 is 4.74 Å². The van der Waals surface area contributed by atoms with Gasteiger partial charge in [0.1, 0.15) is 17.7 Å². The van der Waals surface area contributed by atoms with Gasteiger partial charge in [0.25, 0.3) is 0 Å². The van der Waals surface area contributed by atoms with E-state index in [1.165, 1.54) is 19.9 Å². The Balaban J connectivity index is 2.90. The Morgan fingerprint density at radius 3 is 2.57 bits per heavy atom. The van der Waals surface area contributed by atoms with Crippen LogP contribution in [0.2, 0.25) is 0 Å². The molecule has 1 rings (SSSR count). The van der Waals surface area contributed by atoms with Crippen molar-refractivity contribution < 1.29 is 18.3 Å². The SMILES string of the molecule is CC(=O)OC(C)c1ccc(F)cc1F. The molecular formula is C10H10F2O2. The molecule has 4 heteroatoms. The van der Waals surface area contributed by atoms with Crippen LogP contribution in [0.15, 0.2) is 18.2 Å². The van der Waals surface area contributed by atoms with Gasteiger partial charge in [-0.2, -0.15) is 0 Å². The molecule has 1 atom stereocenters. The molecule has 0 aliphatic heterocycles. The van der Waals surface area contributed by atoms with Gasteiger partial charge in [-0.05, 0) is 19.1 Å². The number of hydrogen-bond donors (Lipinski definition) is 0. The van der Waals surface area contributed by atoms with Gasteiger partial charge in [-0.3, -0.25) is 4.79 Å². The normalized spacial score (nSPS) is 12.3. The van der Waals surface area contributed by atoms with Crippen LogP contribution in [0.3, 0.4) is 0 Å². The molecule has 0 spiro atoms. The van der Waals surface area contributed by atoms with Gasteiger partial charge in [-0.25, -0.2) is 8.78 Å². The molecule has 0 N–H and O–H groups in total. The van der Waals surface area contributed by atoms with Crippen molar-refractivity contribution in [2.75, 3.05) is 0 Å². The molecule has 2 nitrogen and oxygen atoms in total.